The molecular weight excluding hydrogens is 419 g/mol. The molecule has 0 aromatic heterocycles. The molecule has 0 bridgehead atoms. The van der Waals surface area contributed by atoms with Crippen LogP contribution in [0.1, 0.15) is 40.7 Å². The quantitative estimate of drug-likeness (QED) is 0.642. The smallest absolute Gasteiger partial charge is 0.243 e. The van der Waals surface area contributed by atoms with Gasteiger partial charge in [0.1, 0.15) is 5.82 Å². The SMILES string of the molecule is O=C(CCC(=O)N1CCN(S(=O)(=O)c2cccc(F)c2)CC1)c1ccc2c(c1)CCC2. The van der Waals surface area contributed by atoms with E-state index in [4.69, 9.17) is 0 Å². The number of aryl methyl sites for hydroxylation is 2. The summed E-state index contributed by atoms with van der Waals surface area (Å²) in [5.41, 5.74) is 3.19. The Morgan fingerprint density at radius 3 is 2.39 bits per heavy atom. The summed E-state index contributed by atoms with van der Waals surface area (Å²) in [4.78, 5) is 26.6. The van der Waals surface area contributed by atoms with E-state index in [2.05, 4.69) is 0 Å². The fraction of sp³-hybridized carbons (Fsp3) is 0.391. The van der Waals surface area contributed by atoms with Crippen molar-refractivity contribution >= 4 is 21.7 Å². The second-order valence-corrected chi connectivity index (χ2v) is 9.94. The van der Waals surface area contributed by atoms with Gasteiger partial charge in [-0.25, -0.2) is 12.8 Å². The second kappa shape index (κ2) is 8.88. The highest BCUT2D eigenvalue weighted by Gasteiger charge is 2.30. The van der Waals surface area contributed by atoms with Gasteiger partial charge in [0.15, 0.2) is 5.78 Å². The average Bonchev–Trinajstić information content (AvgIpc) is 3.25. The fourth-order valence-corrected chi connectivity index (χ4v) is 5.68. The molecular formula is C23H25FN2O4S. The Hall–Kier alpha value is -2.58. The fourth-order valence-electron chi connectivity index (χ4n) is 4.22. The minimum absolute atomic E-state index is 0.0460. The third kappa shape index (κ3) is 4.70. The first-order valence-corrected chi connectivity index (χ1v) is 12.0. The van der Waals surface area contributed by atoms with Gasteiger partial charge in [-0.2, -0.15) is 4.31 Å². The highest BCUT2D eigenvalue weighted by atomic mass is 32.2. The van der Waals surface area contributed by atoms with Crippen LogP contribution in [-0.4, -0.2) is 55.5 Å². The molecule has 0 saturated carbocycles. The lowest BCUT2D eigenvalue weighted by Gasteiger charge is -2.34. The number of hydrogen-bond acceptors (Lipinski definition) is 4. The lowest BCUT2D eigenvalue weighted by Crippen LogP contribution is -2.50. The van der Waals surface area contributed by atoms with Crippen molar-refractivity contribution in [3.63, 3.8) is 0 Å². The molecule has 2 aromatic rings. The molecule has 1 amide bonds. The van der Waals surface area contributed by atoms with Crippen molar-refractivity contribution in [1.82, 2.24) is 9.21 Å². The third-order valence-electron chi connectivity index (χ3n) is 6.01. The summed E-state index contributed by atoms with van der Waals surface area (Å²) >= 11 is 0. The van der Waals surface area contributed by atoms with Gasteiger partial charge in [0, 0.05) is 44.6 Å². The molecule has 0 spiro atoms. The van der Waals surface area contributed by atoms with E-state index in [0.29, 0.717) is 5.56 Å². The van der Waals surface area contributed by atoms with E-state index in [9.17, 15) is 22.4 Å². The number of carbonyl (C=O) groups excluding carboxylic acids is 2. The van der Waals surface area contributed by atoms with Crippen LogP contribution in [0.3, 0.4) is 0 Å². The van der Waals surface area contributed by atoms with Crippen molar-refractivity contribution in [3.05, 3.63) is 65.0 Å². The standard InChI is InChI=1S/C23H25FN2O4S/c24-20-5-2-6-21(16-20)31(29,30)26-13-11-25(12-14-26)23(28)10-9-22(27)19-8-7-17-3-1-4-18(17)15-19/h2,5-8,15-16H,1,3-4,9-14H2. The van der Waals surface area contributed by atoms with E-state index in [0.717, 1.165) is 25.3 Å². The summed E-state index contributed by atoms with van der Waals surface area (Å²) in [7, 11) is -3.80. The molecule has 4 rings (SSSR count). The number of halogens is 1. The Balaban J connectivity index is 1.30. The van der Waals surface area contributed by atoms with Crippen LogP contribution in [0, 0.1) is 5.82 Å². The predicted molar refractivity (Wildman–Crippen MR) is 114 cm³/mol. The molecule has 31 heavy (non-hydrogen) atoms. The van der Waals surface area contributed by atoms with Crippen molar-refractivity contribution in [2.45, 2.75) is 37.0 Å². The number of amides is 1. The van der Waals surface area contributed by atoms with E-state index in [1.165, 1.54) is 33.6 Å². The first-order valence-electron chi connectivity index (χ1n) is 10.5. The zero-order chi connectivity index (χ0) is 22.0. The molecule has 0 unspecified atom stereocenters. The van der Waals surface area contributed by atoms with Gasteiger partial charge in [-0.15, -0.1) is 0 Å². The monoisotopic (exact) mass is 444 g/mol. The van der Waals surface area contributed by atoms with Gasteiger partial charge in [0.2, 0.25) is 15.9 Å². The van der Waals surface area contributed by atoms with Crippen LogP contribution in [-0.2, 0) is 27.7 Å². The molecule has 164 valence electrons. The number of piperazine rings is 1. The van der Waals surface area contributed by atoms with Gasteiger partial charge >= 0.3 is 0 Å². The summed E-state index contributed by atoms with van der Waals surface area (Å²) in [6.07, 6.45) is 3.42. The topological polar surface area (TPSA) is 74.8 Å². The molecule has 1 aliphatic carbocycles. The first-order chi connectivity index (χ1) is 14.8. The average molecular weight is 445 g/mol. The zero-order valence-electron chi connectivity index (χ0n) is 17.2. The van der Waals surface area contributed by atoms with Crippen molar-refractivity contribution in [2.24, 2.45) is 0 Å². The number of fused-ring (bicyclic) bond motifs is 1. The van der Waals surface area contributed by atoms with Crippen molar-refractivity contribution < 1.29 is 22.4 Å². The minimum Gasteiger partial charge on any atom is -0.340 e. The van der Waals surface area contributed by atoms with Crippen molar-refractivity contribution in [1.29, 1.82) is 0 Å². The van der Waals surface area contributed by atoms with Gasteiger partial charge in [-0.1, -0.05) is 18.2 Å². The van der Waals surface area contributed by atoms with Crippen molar-refractivity contribution in [2.75, 3.05) is 26.2 Å². The summed E-state index contributed by atoms with van der Waals surface area (Å²) < 4.78 is 40.0. The first kappa shape index (κ1) is 21.6. The van der Waals surface area contributed by atoms with Gasteiger partial charge in [0.25, 0.3) is 0 Å². The van der Waals surface area contributed by atoms with Gasteiger partial charge in [-0.05, 0) is 54.7 Å². The summed E-state index contributed by atoms with van der Waals surface area (Å²) in [5.74, 6) is -0.810. The van der Waals surface area contributed by atoms with Crippen LogP contribution in [0.15, 0.2) is 47.4 Å². The van der Waals surface area contributed by atoms with E-state index < -0.39 is 15.8 Å². The number of carbonyl (C=O) groups is 2. The van der Waals surface area contributed by atoms with Crippen LogP contribution < -0.4 is 0 Å². The van der Waals surface area contributed by atoms with Crippen LogP contribution in [0.4, 0.5) is 4.39 Å². The number of sulfonamides is 1. The summed E-state index contributed by atoms with van der Waals surface area (Å²) in [6.45, 7) is 0.785. The van der Waals surface area contributed by atoms with Gasteiger partial charge < -0.3 is 4.90 Å². The molecule has 0 N–H and O–H groups in total. The number of hydrogen-bond donors (Lipinski definition) is 0. The Morgan fingerprint density at radius 1 is 0.903 bits per heavy atom. The maximum absolute atomic E-state index is 13.4. The Labute approximate surface area is 181 Å². The number of benzene rings is 2. The second-order valence-electron chi connectivity index (χ2n) is 8.00. The number of Topliss-reactive ketones (excluding diaryl/α,β-unsaturated/α-hetero) is 1. The lowest BCUT2D eigenvalue weighted by atomic mass is 10.0. The van der Waals surface area contributed by atoms with E-state index in [1.807, 2.05) is 18.2 Å². The lowest BCUT2D eigenvalue weighted by molar-refractivity contribution is -0.132. The van der Waals surface area contributed by atoms with Crippen LogP contribution in [0.2, 0.25) is 0 Å². The highest BCUT2D eigenvalue weighted by Crippen LogP contribution is 2.24. The number of nitrogens with zero attached hydrogens (tertiary/aromatic N) is 2. The van der Waals surface area contributed by atoms with Crippen molar-refractivity contribution in [3.8, 4) is 0 Å². The van der Waals surface area contributed by atoms with E-state index in [-0.39, 0.29) is 55.6 Å². The largest absolute Gasteiger partial charge is 0.340 e. The molecule has 6 nitrogen and oxygen atoms in total. The van der Waals surface area contributed by atoms with Crippen LogP contribution >= 0.6 is 0 Å². The molecule has 1 aliphatic heterocycles. The molecule has 0 atom stereocenters. The molecule has 2 aliphatic rings. The van der Waals surface area contributed by atoms with Gasteiger partial charge in [0.05, 0.1) is 4.90 Å². The summed E-state index contributed by atoms with van der Waals surface area (Å²) in [5, 5.41) is 0. The highest BCUT2D eigenvalue weighted by molar-refractivity contribution is 7.89. The Morgan fingerprint density at radius 2 is 1.65 bits per heavy atom. The van der Waals surface area contributed by atoms with Crippen LogP contribution in [0.5, 0.6) is 0 Å². The van der Waals surface area contributed by atoms with Gasteiger partial charge in [-0.3, -0.25) is 9.59 Å². The Kier molecular flexibility index (Phi) is 6.20. The maximum atomic E-state index is 13.4. The molecule has 1 fully saturated rings. The predicted octanol–water partition coefficient (Wildman–Crippen LogP) is 2.81. The third-order valence-corrected chi connectivity index (χ3v) is 7.91. The maximum Gasteiger partial charge on any atom is 0.243 e. The molecule has 0 radical (unpaired) electrons. The number of rotatable bonds is 6. The summed E-state index contributed by atoms with van der Waals surface area (Å²) in [6, 6.07) is 10.7. The van der Waals surface area contributed by atoms with E-state index >= 15 is 0 Å². The molecule has 2 aromatic carbocycles. The van der Waals surface area contributed by atoms with E-state index in [1.54, 1.807) is 4.90 Å². The molecule has 1 heterocycles. The zero-order valence-corrected chi connectivity index (χ0v) is 18.0. The number of ketones is 1. The Bertz CT molecular complexity index is 1110. The molecule has 1 saturated heterocycles. The van der Waals surface area contributed by atoms with Crippen LogP contribution in [0.25, 0.3) is 0 Å². The molecule has 8 heteroatoms. The normalized spacial score (nSPS) is 16.9. The minimum atomic E-state index is -3.80.